The van der Waals surface area contributed by atoms with E-state index in [0.29, 0.717) is 30.3 Å². The standard InChI is InChI=1S/C19H28N2O4/c1-5-21(12-14-10-11-24-13-14)17(22)15-6-8-16(9-7-15)20-18(23)25-19(2,3)4/h6-9,14H,5,10-13H2,1-4H3,(H,20,23)/t14-/m0/s1. The molecule has 1 aliphatic heterocycles. The van der Waals surface area contributed by atoms with E-state index in [1.54, 1.807) is 24.3 Å². The van der Waals surface area contributed by atoms with E-state index in [1.807, 2.05) is 32.6 Å². The molecule has 0 aromatic heterocycles. The molecule has 1 fully saturated rings. The molecule has 0 saturated carbocycles. The molecule has 0 unspecified atom stereocenters. The van der Waals surface area contributed by atoms with Crippen LogP contribution in [0.1, 0.15) is 44.5 Å². The SMILES string of the molecule is CCN(C[C@@H]1CCOC1)C(=O)c1ccc(NC(=O)OC(C)(C)C)cc1. The Morgan fingerprint density at radius 3 is 2.48 bits per heavy atom. The molecule has 1 heterocycles. The van der Waals surface area contributed by atoms with E-state index < -0.39 is 11.7 Å². The number of carbonyl (C=O) groups excluding carboxylic acids is 2. The van der Waals surface area contributed by atoms with Crippen molar-refractivity contribution in [1.82, 2.24) is 4.90 Å². The highest BCUT2D eigenvalue weighted by atomic mass is 16.6. The smallest absolute Gasteiger partial charge is 0.412 e. The zero-order valence-corrected chi connectivity index (χ0v) is 15.5. The Morgan fingerprint density at radius 1 is 1.28 bits per heavy atom. The predicted octanol–water partition coefficient (Wildman–Crippen LogP) is 3.53. The molecule has 25 heavy (non-hydrogen) atoms. The molecule has 0 spiro atoms. The molecule has 1 atom stereocenters. The maximum atomic E-state index is 12.7. The molecule has 1 saturated heterocycles. The number of hydrogen-bond donors (Lipinski definition) is 1. The highest BCUT2D eigenvalue weighted by Crippen LogP contribution is 2.17. The maximum absolute atomic E-state index is 12.7. The summed E-state index contributed by atoms with van der Waals surface area (Å²) in [5.74, 6) is 0.412. The van der Waals surface area contributed by atoms with Gasteiger partial charge in [-0.05, 0) is 58.4 Å². The normalized spacial score (nSPS) is 17.2. The van der Waals surface area contributed by atoms with Crippen LogP contribution >= 0.6 is 0 Å². The van der Waals surface area contributed by atoms with Gasteiger partial charge < -0.3 is 14.4 Å². The first-order chi connectivity index (χ1) is 11.8. The second kappa shape index (κ2) is 8.34. The first-order valence-corrected chi connectivity index (χ1v) is 8.75. The number of benzene rings is 1. The Hall–Kier alpha value is -2.08. The number of anilines is 1. The van der Waals surface area contributed by atoms with Crippen molar-refractivity contribution in [2.75, 3.05) is 31.6 Å². The van der Waals surface area contributed by atoms with Crippen molar-refractivity contribution < 1.29 is 19.1 Å². The lowest BCUT2D eigenvalue weighted by Gasteiger charge is -2.24. The number of hydrogen-bond acceptors (Lipinski definition) is 4. The monoisotopic (exact) mass is 348 g/mol. The van der Waals surface area contributed by atoms with Gasteiger partial charge in [-0.1, -0.05) is 0 Å². The first kappa shape index (κ1) is 19.2. The van der Waals surface area contributed by atoms with Gasteiger partial charge in [0.1, 0.15) is 5.60 Å². The van der Waals surface area contributed by atoms with Gasteiger partial charge in [0.2, 0.25) is 0 Å². The second-order valence-corrected chi connectivity index (χ2v) is 7.28. The third-order valence-corrected chi connectivity index (χ3v) is 3.95. The van der Waals surface area contributed by atoms with E-state index in [2.05, 4.69) is 5.32 Å². The zero-order valence-electron chi connectivity index (χ0n) is 15.5. The molecule has 6 nitrogen and oxygen atoms in total. The summed E-state index contributed by atoms with van der Waals surface area (Å²) in [4.78, 5) is 26.3. The molecule has 0 radical (unpaired) electrons. The molecular weight excluding hydrogens is 320 g/mol. The van der Waals surface area contributed by atoms with E-state index in [1.165, 1.54) is 0 Å². The zero-order chi connectivity index (χ0) is 18.4. The Balaban J connectivity index is 1.95. The van der Waals surface area contributed by atoms with Crippen LogP contribution in [0.15, 0.2) is 24.3 Å². The van der Waals surface area contributed by atoms with Crippen LogP contribution in [0.25, 0.3) is 0 Å². The summed E-state index contributed by atoms with van der Waals surface area (Å²) in [5, 5.41) is 2.66. The third kappa shape index (κ3) is 6.05. The highest BCUT2D eigenvalue weighted by molar-refractivity contribution is 5.95. The summed E-state index contributed by atoms with van der Waals surface area (Å²) >= 11 is 0. The van der Waals surface area contributed by atoms with Crippen LogP contribution in [0.4, 0.5) is 10.5 Å². The average molecular weight is 348 g/mol. The van der Waals surface area contributed by atoms with Crippen LogP contribution in [0.5, 0.6) is 0 Å². The highest BCUT2D eigenvalue weighted by Gasteiger charge is 2.22. The fourth-order valence-electron chi connectivity index (χ4n) is 2.69. The number of amides is 2. The second-order valence-electron chi connectivity index (χ2n) is 7.28. The minimum atomic E-state index is -0.550. The van der Waals surface area contributed by atoms with Crippen molar-refractivity contribution in [3.8, 4) is 0 Å². The number of carbonyl (C=O) groups is 2. The van der Waals surface area contributed by atoms with E-state index in [4.69, 9.17) is 9.47 Å². The van der Waals surface area contributed by atoms with Gasteiger partial charge in [0.25, 0.3) is 5.91 Å². The molecule has 2 amide bonds. The van der Waals surface area contributed by atoms with Crippen molar-refractivity contribution in [2.24, 2.45) is 5.92 Å². The minimum absolute atomic E-state index is 0.00165. The molecule has 1 aliphatic rings. The van der Waals surface area contributed by atoms with Crippen molar-refractivity contribution in [3.05, 3.63) is 29.8 Å². The fraction of sp³-hybridized carbons (Fsp3) is 0.579. The third-order valence-electron chi connectivity index (χ3n) is 3.95. The molecule has 138 valence electrons. The van der Waals surface area contributed by atoms with Gasteiger partial charge in [0.15, 0.2) is 0 Å². The van der Waals surface area contributed by atoms with Crippen LogP contribution < -0.4 is 5.32 Å². The van der Waals surface area contributed by atoms with Crippen molar-refractivity contribution in [2.45, 2.75) is 39.7 Å². The molecule has 1 N–H and O–H groups in total. The number of nitrogens with zero attached hydrogens (tertiary/aromatic N) is 1. The Labute approximate surface area is 149 Å². The predicted molar refractivity (Wildman–Crippen MR) is 96.8 cm³/mol. The fourth-order valence-corrected chi connectivity index (χ4v) is 2.69. The minimum Gasteiger partial charge on any atom is -0.444 e. The summed E-state index contributed by atoms with van der Waals surface area (Å²) in [6.45, 7) is 10.3. The average Bonchev–Trinajstić information content (AvgIpc) is 3.04. The molecule has 6 heteroatoms. The largest absolute Gasteiger partial charge is 0.444 e. The molecule has 1 aromatic rings. The van der Waals surface area contributed by atoms with Gasteiger partial charge in [-0.3, -0.25) is 10.1 Å². The van der Waals surface area contributed by atoms with Crippen molar-refractivity contribution in [3.63, 3.8) is 0 Å². The van der Waals surface area contributed by atoms with Gasteiger partial charge >= 0.3 is 6.09 Å². The van der Waals surface area contributed by atoms with Crippen molar-refractivity contribution in [1.29, 1.82) is 0 Å². The lowest BCUT2D eigenvalue weighted by Crippen LogP contribution is -2.35. The van der Waals surface area contributed by atoms with Gasteiger partial charge in [-0.2, -0.15) is 0 Å². The summed E-state index contributed by atoms with van der Waals surface area (Å²) in [7, 11) is 0. The Morgan fingerprint density at radius 2 is 1.96 bits per heavy atom. The summed E-state index contributed by atoms with van der Waals surface area (Å²) in [6, 6.07) is 6.87. The molecule has 2 rings (SSSR count). The van der Waals surface area contributed by atoms with Crippen LogP contribution in [0.2, 0.25) is 0 Å². The maximum Gasteiger partial charge on any atom is 0.412 e. The van der Waals surface area contributed by atoms with Gasteiger partial charge in [-0.25, -0.2) is 4.79 Å². The quantitative estimate of drug-likeness (QED) is 0.884. The number of ether oxygens (including phenoxy) is 2. The molecular formula is C19H28N2O4. The summed E-state index contributed by atoms with van der Waals surface area (Å²) in [5.41, 5.74) is 0.652. The van der Waals surface area contributed by atoms with Crippen LogP contribution in [-0.2, 0) is 9.47 Å². The lowest BCUT2D eigenvalue weighted by atomic mass is 10.1. The first-order valence-electron chi connectivity index (χ1n) is 8.75. The van der Waals surface area contributed by atoms with Gasteiger partial charge in [0, 0.05) is 36.9 Å². The van der Waals surface area contributed by atoms with Crippen LogP contribution in [-0.4, -0.2) is 48.8 Å². The summed E-state index contributed by atoms with van der Waals surface area (Å²) < 4.78 is 10.6. The topological polar surface area (TPSA) is 67.9 Å². The van der Waals surface area contributed by atoms with E-state index >= 15 is 0 Å². The number of rotatable bonds is 5. The van der Waals surface area contributed by atoms with Crippen LogP contribution in [0, 0.1) is 5.92 Å². The van der Waals surface area contributed by atoms with Crippen molar-refractivity contribution >= 4 is 17.7 Å². The Bertz CT molecular complexity index is 586. The van der Waals surface area contributed by atoms with E-state index in [-0.39, 0.29) is 5.91 Å². The summed E-state index contributed by atoms with van der Waals surface area (Å²) in [6.07, 6.45) is 0.491. The van der Waals surface area contributed by atoms with E-state index in [0.717, 1.165) is 19.6 Å². The van der Waals surface area contributed by atoms with Gasteiger partial charge in [-0.15, -0.1) is 0 Å². The number of nitrogens with one attached hydrogen (secondary N) is 1. The molecule has 0 bridgehead atoms. The Kier molecular flexibility index (Phi) is 6.42. The lowest BCUT2D eigenvalue weighted by molar-refractivity contribution is 0.0635. The van der Waals surface area contributed by atoms with E-state index in [9.17, 15) is 9.59 Å². The van der Waals surface area contributed by atoms with Gasteiger partial charge in [0.05, 0.1) is 6.61 Å². The molecule has 1 aromatic carbocycles. The van der Waals surface area contributed by atoms with Crippen LogP contribution in [0.3, 0.4) is 0 Å². The molecule has 0 aliphatic carbocycles.